The molecule has 1 aromatic carbocycles. The Kier molecular flexibility index (Phi) is 3.69. The molecule has 0 saturated heterocycles. The van der Waals surface area contributed by atoms with Crippen molar-refractivity contribution in [2.75, 3.05) is 5.73 Å². The second kappa shape index (κ2) is 5.05. The van der Waals surface area contributed by atoms with Crippen LogP contribution in [0, 0.1) is 5.82 Å². The minimum atomic E-state index is -4.54. The van der Waals surface area contributed by atoms with E-state index in [4.69, 9.17) is 5.73 Å². The minimum Gasteiger partial charge on any atom is -0.384 e. The zero-order chi connectivity index (χ0) is 15.9. The number of benzene rings is 1. The molecule has 1 aromatic heterocycles. The highest BCUT2D eigenvalue weighted by Crippen LogP contribution is 2.37. The van der Waals surface area contributed by atoms with Gasteiger partial charge in [-0.15, -0.1) is 0 Å². The molecular formula is C14H15F4N3. The number of halogens is 4. The van der Waals surface area contributed by atoms with Gasteiger partial charge >= 0.3 is 6.18 Å². The van der Waals surface area contributed by atoms with Crippen molar-refractivity contribution in [1.82, 2.24) is 9.78 Å². The predicted molar refractivity (Wildman–Crippen MR) is 72.1 cm³/mol. The van der Waals surface area contributed by atoms with Gasteiger partial charge in [-0.3, -0.25) is 4.68 Å². The molecule has 7 heteroatoms. The van der Waals surface area contributed by atoms with E-state index in [1.54, 1.807) is 7.05 Å². The zero-order valence-electron chi connectivity index (χ0n) is 11.8. The Morgan fingerprint density at radius 1 is 1.24 bits per heavy atom. The molecule has 0 aliphatic heterocycles. The number of nitrogen functional groups attached to an aromatic ring is 1. The van der Waals surface area contributed by atoms with Gasteiger partial charge in [-0.2, -0.15) is 18.3 Å². The van der Waals surface area contributed by atoms with E-state index < -0.39 is 17.6 Å². The molecule has 114 valence electrons. The van der Waals surface area contributed by atoms with Gasteiger partial charge in [0.05, 0.1) is 5.56 Å². The molecule has 2 rings (SSSR count). The number of anilines is 1. The molecule has 2 N–H and O–H groups in total. The van der Waals surface area contributed by atoms with E-state index in [0.29, 0.717) is 17.4 Å². The third-order valence-corrected chi connectivity index (χ3v) is 3.26. The van der Waals surface area contributed by atoms with Crippen molar-refractivity contribution in [1.29, 1.82) is 0 Å². The van der Waals surface area contributed by atoms with Crippen LogP contribution >= 0.6 is 0 Å². The normalized spacial score (nSPS) is 12.2. The van der Waals surface area contributed by atoms with Crippen LogP contribution in [0.4, 0.5) is 23.4 Å². The molecule has 0 aliphatic rings. The van der Waals surface area contributed by atoms with Crippen LogP contribution in [0.2, 0.25) is 0 Å². The fourth-order valence-corrected chi connectivity index (χ4v) is 2.20. The summed E-state index contributed by atoms with van der Waals surface area (Å²) in [6.45, 7) is 3.64. The Balaban J connectivity index is 2.70. The van der Waals surface area contributed by atoms with Gasteiger partial charge in [0.15, 0.2) is 0 Å². The average Bonchev–Trinajstić information content (AvgIpc) is 2.64. The van der Waals surface area contributed by atoms with Crippen molar-refractivity contribution in [3.63, 3.8) is 0 Å². The number of aryl methyl sites for hydroxylation is 1. The molecule has 0 radical (unpaired) electrons. The van der Waals surface area contributed by atoms with Gasteiger partial charge in [0.2, 0.25) is 0 Å². The summed E-state index contributed by atoms with van der Waals surface area (Å²) in [6.07, 6.45) is -4.54. The third kappa shape index (κ3) is 2.72. The van der Waals surface area contributed by atoms with Crippen LogP contribution < -0.4 is 5.73 Å². The number of hydrogen-bond acceptors (Lipinski definition) is 2. The van der Waals surface area contributed by atoms with Crippen LogP contribution in [0.5, 0.6) is 0 Å². The lowest BCUT2D eigenvalue weighted by atomic mass is 9.97. The van der Waals surface area contributed by atoms with E-state index in [-0.39, 0.29) is 17.2 Å². The minimum absolute atomic E-state index is 0.0948. The molecule has 0 amide bonds. The van der Waals surface area contributed by atoms with E-state index in [1.807, 2.05) is 13.8 Å². The Morgan fingerprint density at radius 3 is 2.38 bits per heavy atom. The van der Waals surface area contributed by atoms with Crippen LogP contribution in [-0.4, -0.2) is 9.78 Å². The van der Waals surface area contributed by atoms with E-state index in [1.165, 1.54) is 4.68 Å². The predicted octanol–water partition coefficient (Wildman–Crippen LogP) is 3.95. The summed E-state index contributed by atoms with van der Waals surface area (Å²) in [5, 5.41) is 4.07. The maximum atomic E-state index is 14.0. The van der Waals surface area contributed by atoms with E-state index in [9.17, 15) is 17.6 Å². The molecule has 3 nitrogen and oxygen atoms in total. The van der Waals surface area contributed by atoms with Crippen molar-refractivity contribution in [3.05, 3.63) is 35.1 Å². The molecule has 0 aliphatic carbocycles. The van der Waals surface area contributed by atoms with Crippen LogP contribution in [0.25, 0.3) is 11.3 Å². The highest BCUT2D eigenvalue weighted by molar-refractivity contribution is 5.70. The second-order valence-corrected chi connectivity index (χ2v) is 5.12. The van der Waals surface area contributed by atoms with Gasteiger partial charge in [-0.25, -0.2) is 4.39 Å². The fraction of sp³-hybridized carbons (Fsp3) is 0.357. The molecule has 0 fully saturated rings. The topological polar surface area (TPSA) is 43.8 Å². The lowest BCUT2D eigenvalue weighted by Gasteiger charge is -2.11. The first-order chi connectivity index (χ1) is 9.62. The summed E-state index contributed by atoms with van der Waals surface area (Å²) in [5.74, 6) is -0.539. The van der Waals surface area contributed by atoms with Crippen molar-refractivity contribution in [2.24, 2.45) is 7.05 Å². The summed E-state index contributed by atoms with van der Waals surface area (Å²) >= 11 is 0. The van der Waals surface area contributed by atoms with E-state index in [0.717, 1.165) is 12.1 Å². The first kappa shape index (κ1) is 15.3. The summed E-state index contributed by atoms with van der Waals surface area (Å²) in [4.78, 5) is 0. The number of nitrogens with zero attached hydrogens (tertiary/aromatic N) is 2. The van der Waals surface area contributed by atoms with Gasteiger partial charge in [0.25, 0.3) is 0 Å². The van der Waals surface area contributed by atoms with Crippen LogP contribution in [0.3, 0.4) is 0 Å². The second-order valence-electron chi connectivity index (χ2n) is 5.12. The first-order valence-electron chi connectivity index (χ1n) is 6.32. The van der Waals surface area contributed by atoms with Crippen molar-refractivity contribution >= 4 is 5.82 Å². The van der Waals surface area contributed by atoms with Gasteiger partial charge in [-0.1, -0.05) is 13.8 Å². The van der Waals surface area contributed by atoms with Gasteiger partial charge in [0.1, 0.15) is 17.3 Å². The summed E-state index contributed by atoms with van der Waals surface area (Å²) in [6, 6.07) is 2.27. The Morgan fingerprint density at radius 2 is 1.86 bits per heavy atom. The molecule has 0 spiro atoms. The number of hydrogen-bond donors (Lipinski definition) is 1. The average molecular weight is 301 g/mol. The highest BCUT2D eigenvalue weighted by atomic mass is 19.4. The van der Waals surface area contributed by atoms with Crippen molar-refractivity contribution in [2.45, 2.75) is 25.9 Å². The third-order valence-electron chi connectivity index (χ3n) is 3.26. The highest BCUT2D eigenvalue weighted by Gasteiger charge is 2.32. The van der Waals surface area contributed by atoms with Crippen LogP contribution in [0.1, 0.15) is 30.9 Å². The van der Waals surface area contributed by atoms with Gasteiger partial charge < -0.3 is 5.73 Å². The molecular weight excluding hydrogens is 286 g/mol. The quantitative estimate of drug-likeness (QED) is 0.854. The van der Waals surface area contributed by atoms with Crippen LogP contribution in [0.15, 0.2) is 18.2 Å². The molecule has 2 aromatic rings. The maximum Gasteiger partial charge on any atom is 0.416 e. The van der Waals surface area contributed by atoms with Crippen LogP contribution in [-0.2, 0) is 13.2 Å². The smallest absolute Gasteiger partial charge is 0.384 e. The monoisotopic (exact) mass is 301 g/mol. The Hall–Kier alpha value is -2.05. The van der Waals surface area contributed by atoms with Gasteiger partial charge in [-0.05, 0) is 24.1 Å². The fourth-order valence-electron chi connectivity index (χ4n) is 2.20. The molecule has 0 bridgehead atoms. The molecule has 1 heterocycles. The number of rotatable bonds is 2. The number of nitrogens with two attached hydrogens (primary N) is 1. The lowest BCUT2D eigenvalue weighted by Crippen LogP contribution is -2.06. The van der Waals surface area contributed by atoms with Crippen molar-refractivity contribution in [3.8, 4) is 11.3 Å². The first-order valence-corrected chi connectivity index (χ1v) is 6.32. The van der Waals surface area contributed by atoms with E-state index >= 15 is 0 Å². The summed E-state index contributed by atoms with van der Waals surface area (Å²) in [5.41, 5.74) is 5.44. The lowest BCUT2D eigenvalue weighted by molar-refractivity contribution is -0.137. The Bertz CT molecular complexity index is 672. The molecule has 0 atom stereocenters. The number of aromatic nitrogens is 2. The van der Waals surface area contributed by atoms with Crippen molar-refractivity contribution < 1.29 is 17.6 Å². The largest absolute Gasteiger partial charge is 0.416 e. The standard InChI is InChI=1S/C14H15F4N3/c1-7(2)11-12(20-21(3)13(11)19)9-6-8(14(16,17)18)4-5-10(9)15/h4-7H,19H2,1-3H3. The van der Waals surface area contributed by atoms with E-state index in [2.05, 4.69) is 5.10 Å². The Labute approximate surface area is 119 Å². The molecule has 0 saturated carbocycles. The number of alkyl halides is 3. The zero-order valence-corrected chi connectivity index (χ0v) is 11.8. The summed E-state index contributed by atoms with van der Waals surface area (Å²) < 4.78 is 53.7. The molecule has 21 heavy (non-hydrogen) atoms. The van der Waals surface area contributed by atoms with Gasteiger partial charge in [0, 0.05) is 18.2 Å². The maximum absolute atomic E-state index is 14.0. The summed E-state index contributed by atoms with van der Waals surface area (Å²) in [7, 11) is 1.57. The SMILES string of the molecule is CC(C)c1c(-c2cc(C(F)(F)F)ccc2F)nn(C)c1N. The molecule has 0 unspecified atom stereocenters.